The Kier molecular flexibility index (Phi) is 3.51. The molecule has 0 aliphatic carbocycles. The van der Waals surface area contributed by atoms with E-state index in [1.807, 2.05) is 6.07 Å². The van der Waals surface area contributed by atoms with E-state index in [0.717, 1.165) is 0 Å². The quantitative estimate of drug-likeness (QED) is 0.585. The monoisotopic (exact) mass is 238 g/mol. The topological polar surface area (TPSA) is 62.9 Å². The van der Waals surface area contributed by atoms with Crippen LogP contribution >= 0.6 is 11.6 Å². The molecule has 0 aromatic carbocycles. The molecule has 84 valence electrons. The number of hydrogen-bond donors (Lipinski definition) is 0. The number of carbonyl (C=O) groups excluding carboxylic acids is 1. The van der Waals surface area contributed by atoms with Gasteiger partial charge in [0.25, 0.3) is 5.56 Å². The van der Waals surface area contributed by atoms with Crippen LogP contribution in [0.5, 0.6) is 0 Å². The Morgan fingerprint density at radius 2 is 2.06 bits per heavy atom. The largest absolute Gasteiger partial charge is 0.298 e. The summed E-state index contributed by atoms with van der Waals surface area (Å²) in [6, 6.07) is 1.61. The molecule has 1 aromatic heterocycles. The van der Waals surface area contributed by atoms with Crippen molar-refractivity contribution in [2.75, 3.05) is 0 Å². The van der Waals surface area contributed by atoms with Crippen molar-refractivity contribution >= 4 is 17.9 Å². The number of halogens is 1. The van der Waals surface area contributed by atoms with Crippen LogP contribution in [0.2, 0.25) is 5.15 Å². The van der Waals surface area contributed by atoms with E-state index in [2.05, 4.69) is 0 Å². The number of pyridine rings is 1. The smallest absolute Gasteiger partial charge is 0.270 e. The van der Waals surface area contributed by atoms with Crippen molar-refractivity contribution in [3.8, 4) is 6.07 Å². The Bertz CT molecular complexity index is 538. The molecule has 0 unspecified atom stereocenters. The standard InChI is InChI=1S/C11H11ClN2O2/c1-6(2)14-10(12)9(5-15)7(3)8(4-13)11(14)16/h5-6H,1-3H3. The molecule has 0 spiro atoms. The first-order chi connectivity index (χ1) is 7.45. The van der Waals surface area contributed by atoms with Gasteiger partial charge >= 0.3 is 0 Å². The summed E-state index contributed by atoms with van der Waals surface area (Å²) in [5, 5.41) is 8.98. The summed E-state index contributed by atoms with van der Waals surface area (Å²) in [5.74, 6) is 0. The van der Waals surface area contributed by atoms with E-state index in [1.165, 1.54) is 4.57 Å². The number of rotatable bonds is 2. The maximum absolute atomic E-state index is 11.9. The Hall–Kier alpha value is -1.60. The first-order valence-electron chi connectivity index (χ1n) is 4.75. The van der Waals surface area contributed by atoms with Crippen molar-refractivity contribution < 1.29 is 4.79 Å². The van der Waals surface area contributed by atoms with Crippen LogP contribution in [0.3, 0.4) is 0 Å². The lowest BCUT2D eigenvalue weighted by Gasteiger charge is -2.15. The highest BCUT2D eigenvalue weighted by Crippen LogP contribution is 2.21. The Balaban J connectivity index is 3.87. The highest BCUT2D eigenvalue weighted by atomic mass is 35.5. The molecule has 0 radical (unpaired) electrons. The molecule has 0 atom stereocenters. The van der Waals surface area contributed by atoms with Crippen molar-refractivity contribution in [1.29, 1.82) is 5.26 Å². The minimum absolute atomic E-state index is 0.0276. The van der Waals surface area contributed by atoms with Gasteiger partial charge in [0.2, 0.25) is 0 Å². The summed E-state index contributed by atoms with van der Waals surface area (Å²) >= 11 is 5.97. The zero-order valence-electron chi connectivity index (χ0n) is 9.24. The first kappa shape index (κ1) is 12.5. The molecule has 0 bridgehead atoms. The highest BCUT2D eigenvalue weighted by molar-refractivity contribution is 6.32. The molecule has 5 heteroatoms. The molecule has 1 aromatic rings. The molecule has 1 heterocycles. The number of nitrogens with zero attached hydrogens (tertiary/aromatic N) is 2. The van der Waals surface area contributed by atoms with Crippen LogP contribution in [0, 0.1) is 18.3 Å². The van der Waals surface area contributed by atoms with Gasteiger partial charge in [-0.1, -0.05) is 11.6 Å². The molecule has 16 heavy (non-hydrogen) atoms. The van der Waals surface area contributed by atoms with E-state index in [1.54, 1.807) is 20.8 Å². The van der Waals surface area contributed by atoms with Gasteiger partial charge in [-0.05, 0) is 26.3 Å². The third-order valence-corrected chi connectivity index (χ3v) is 2.78. The number of carbonyl (C=O) groups is 1. The Labute approximate surface area is 98.1 Å². The van der Waals surface area contributed by atoms with Crippen LogP contribution in [0.15, 0.2) is 4.79 Å². The average molecular weight is 239 g/mol. The lowest BCUT2D eigenvalue weighted by molar-refractivity contribution is 0.112. The minimum Gasteiger partial charge on any atom is -0.298 e. The van der Waals surface area contributed by atoms with Crippen LogP contribution in [0.4, 0.5) is 0 Å². The van der Waals surface area contributed by atoms with Crippen molar-refractivity contribution in [2.45, 2.75) is 26.8 Å². The Morgan fingerprint density at radius 3 is 2.44 bits per heavy atom. The van der Waals surface area contributed by atoms with Gasteiger partial charge in [0.1, 0.15) is 16.8 Å². The third-order valence-electron chi connectivity index (χ3n) is 2.39. The summed E-state index contributed by atoms with van der Waals surface area (Å²) < 4.78 is 1.25. The van der Waals surface area contributed by atoms with E-state index in [4.69, 9.17) is 16.9 Å². The molecule has 0 aliphatic rings. The van der Waals surface area contributed by atoms with Crippen molar-refractivity contribution in [2.24, 2.45) is 0 Å². The molecular formula is C11H11ClN2O2. The van der Waals surface area contributed by atoms with Crippen LogP contribution in [-0.4, -0.2) is 10.9 Å². The average Bonchev–Trinajstić information content (AvgIpc) is 2.18. The van der Waals surface area contributed by atoms with E-state index in [0.29, 0.717) is 11.8 Å². The fourth-order valence-corrected chi connectivity index (χ4v) is 1.98. The Morgan fingerprint density at radius 1 is 1.50 bits per heavy atom. The fraction of sp³-hybridized carbons (Fsp3) is 0.364. The molecular weight excluding hydrogens is 228 g/mol. The zero-order valence-corrected chi connectivity index (χ0v) is 10.00. The minimum atomic E-state index is -0.453. The summed E-state index contributed by atoms with van der Waals surface area (Å²) in [5.41, 5.74) is 0.0571. The SMILES string of the molecule is Cc1c(C=O)c(Cl)n(C(C)C)c(=O)c1C#N. The highest BCUT2D eigenvalue weighted by Gasteiger charge is 2.18. The molecule has 1 rings (SSSR count). The van der Waals surface area contributed by atoms with Crippen LogP contribution in [0.25, 0.3) is 0 Å². The van der Waals surface area contributed by atoms with Gasteiger partial charge < -0.3 is 0 Å². The third kappa shape index (κ3) is 1.74. The normalized spacial score (nSPS) is 10.2. The van der Waals surface area contributed by atoms with Gasteiger partial charge in [0.05, 0.1) is 5.56 Å². The van der Waals surface area contributed by atoms with Crippen molar-refractivity contribution in [3.05, 3.63) is 32.2 Å². The molecule has 4 nitrogen and oxygen atoms in total. The summed E-state index contributed by atoms with van der Waals surface area (Å²) in [6.45, 7) is 5.07. The molecule has 0 fully saturated rings. The van der Waals surface area contributed by atoms with Crippen molar-refractivity contribution in [1.82, 2.24) is 4.57 Å². The lowest BCUT2D eigenvalue weighted by Crippen LogP contribution is -2.27. The summed E-state index contributed by atoms with van der Waals surface area (Å²) in [4.78, 5) is 22.8. The van der Waals surface area contributed by atoms with Crippen LogP contribution in [-0.2, 0) is 0 Å². The van der Waals surface area contributed by atoms with Crippen LogP contribution < -0.4 is 5.56 Å². The van der Waals surface area contributed by atoms with E-state index >= 15 is 0 Å². The number of nitriles is 1. The second-order valence-corrected chi connectivity index (χ2v) is 4.06. The maximum Gasteiger partial charge on any atom is 0.270 e. The number of aldehydes is 1. The van der Waals surface area contributed by atoms with E-state index in [9.17, 15) is 9.59 Å². The molecule has 0 N–H and O–H groups in total. The maximum atomic E-state index is 11.9. The van der Waals surface area contributed by atoms with Gasteiger partial charge in [-0.15, -0.1) is 0 Å². The van der Waals surface area contributed by atoms with Crippen molar-refractivity contribution in [3.63, 3.8) is 0 Å². The number of hydrogen-bond acceptors (Lipinski definition) is 3. The lowest BCUT2D eigenvalue weighted by atomic mass is 10.1. The predicted molar refractivity (Wildman–Crippen MR) is 60.9 cm³/mol. The van der Waals surface area contributed by atoms with Gasteiger partial charge in [0, 0.05) is 6.04 Å². The van der Waals surface area contributed by atoms with E-state index < -0.39 is 5.56 Å². The van der Waals surface area contributed by atoms with Gasteiger partial charge in [0.15, 0.2) is 6.29 Å². The second-order valence-electron chi connectivity index (χ2n) is 3.70. The summed E-state index contributed by atoms with van der Waals surface area (Å²) in [7, 11) is 0. The fourth-order valence-electron chi connectivity index (χ4n) is 1.52. The number of aromatic nitrogens is 1. The van der Waals surface area contributed by atoms with Gasteiger partial charge in [-0.2, -0.15) is 5.26 Å². The van der Waals surface area contributed by atoms with Crippen LogP contribution in [0.1, 0.15) is 41.4 Å². The first-order valence-corrected chi connectivity index (χ1v) is 5.13. The zero-order chi connectivity index (χ0) is 12.5. The summed E-state index contributed by atoms with van der Waals surface area (Å²) in [6.07, 6.45) is 0.566. The molecule has 0 amide bonds. The molecule has 0 aliphatic heterocycles. The van der Waals surface area contributed by atoms with Gasteiger partial charge in [-0.25, -0.2) is 0 Å². The predicted octanol–water partition coefficient (Wildman–Crippen LogP) is 2.08. The molecule has 0 saturated carbocycles. The molecule has 0 saturated heterocycles. The van der Waals surface area contributed by atoms with Gasteiger partial charge in [-0.3, -0.25) is 14.2 Å². The second kappa shape index (κ2) is 4.50. The van der Waals surface area contributed by atoms with E-state index in [-0.39, 0.29) is 22.3 Å².